The van der Waals surface area contributed by atoms with Crippen molar-refractivity contribution < 1.29 is 32.7 Å². The van der Waals surface area contributed by atoms with Crippen molar-refractivity contribution in [3.05, 3.63) is 54.0 Å². The third-order valence-electron chi connectivity index (χ3n) is 3.18. The van der Waals surface area contributed by atoms with Crippen molar-refractivity contribution in [2.75, 3.05) is 0 Å². The fraction of sp³-hybridized carbons (Fsp3) is 0.286. The van der Waals surface area contributed by atoms with Gasteiger partial charge in [-0.05, 0) is 37.0 Å². The molecule has 0 saturated carbocycles. The first-order valence-electron chi connectivity index (χ1n) is 5.74. The van der Waals surface area contributed by atoms with Crippen LogP contribution < -0.4 is 0 Å². The van der Waals surface area contributed by atoms with E-state index in [9.17, 15) is 0 Å². The quantitative estimate of drug-likeness (QED) is 0.684. The van der Waals surface area contributed by atoms with Crippen molar-refractivity contribution in [2.24, 2.45) is 0 Å². The second kappa shape index (κ2) is 4.95. The van der Waals surface area contributed by atoms with Crippen LogP contribution in [0.1, 0.15) is 29.1 Å². The number of hydrogen-bond donors (Lipinski definition) is 0. The topological polar surface area (TPSA) is 17.8 Å². The van der Waals surface area contributed by atoms with Gasteiger partial charge >= 0.3 is 0 Å². The summed E-state index contributed by atoms with van der Waals surface area (Å²) in [6.45, 7) is 6.05. The fourth-order valence-corrected chi connectivity index (χ4v) is 2.40. The summed E-state index contributed by atoms with van der Waals surface area (Å²) in [5, 5.41) is 0. The Hall–Kier alpha value is -0.596. The van der Waals surface area contributed by atoms with Crippen LogP contribution in [0.2, 0.25) is 0 Å². The zero-order valence-corrected chi connectivity index (χ0v) is 12.9. The molecule has 1 aliphatic rings. The largest absolute Gasteiger partial charge is 0.385 e. The fourth-order valence-electron chi connectivity index (χ4n) is 2.40. The van der Waals surface area contributed by atoms with Gasteiger partial charge in [-0.25, -0.2) is 6.92 Å². The van der Waals surface area contributed by atoms with Crippen molar-refractivity contribution in [2.45, 2.75) is 26.2 Å². The minimum atomic E-state index is 0. The van der Waals surface area contributed by atoms with Crippen LogP contribution in [0, 0.1) is 13.8 Å². The molecular weight excluding hydrogens is 285 g/mol. The Morgan fingerprint density at radius 1 is 1.29 bits per heavy atom. The molecule has 1 aromatic carbocycles. The summed E-state index contributed by atoms with van der Waals surface area (Å²) in [5.74, 6) is 1.15. The number of aryl methyl sites for hydroxylation is 3. The Morgan fingerprint density at radius 3 is 2.94 bits per heavy atom. The molecule has 0 saturated heterocycles. The van der Waals surface area contributed by atoms with Gasteiger partial charge in [0.2, 0.25) is 0 Å². The standard InChI is InChI=1S/C14H15N2.Y/c1-10-6-7-12-4-3-5-14-15-11(2)9-16(14)13(12)8-10;/h6-9H,2-5H2,1H3;/q-1;. The minimum Gasteiger partial charge on any atom is -0.385 e. The first-order valence-corrected chi connectivity index (χ1v) is 5.74. The molecule has 3 heteroatoms. The van der Waals surface area contributed by atoms with Gasteiger partial charge in [0.15, 0.2) is 0 Å². The average Bonchev–Trinajstić information content (AvgIpc) is 2.54. The monoisotopic (exact) mass is 300 g/mol. The minimum absolute atomic E-state index is 0. The van der Waals surface area contributed by atoms with Crippen molar-refractivity contribution in [1.82, 2.24) is 9.55 Å². The molecule has 1 aliphatic heterocycles. The van der Waals surface area contributed by atoms with Crippen molar-refractivity contribution >= 4 is 0 Å². The molecule has 1 radical (unpaired) electrons. The maximum atomic E-state index is 4.49. The van der Waals surface area contributed by atoms with Crippen LogP contribution in [0.5, 0.6) is 0 Å². The maximum Gasteiger partial charge on any atom is 0.0933 e. The molecular formula is C14H15N2Y-. The van der Waals surface area contributed by atoms with Crippen LogP contribution in [0.4, 0.5) is 0 Å². The summed E-state index contributed by atoms with van der Waals surface area (Å²) in [5.41, 5.74) is 4.87. The zero-order valence-electron chi connectivity index (χ0n) is 10.1. The summed E-state index contributed by atoms with van der Waals surface area (Å²) < 4.78 is 2.21. The van der Waals surface area contributed by atoms with E-state index in [0.717, 1.165) is 24.4 Å². The van der Waals surface area contributed by atoms with Gasteiger partial charge in [-0.1, -0.05) is 17.8 Å². The van der Waals surface area contributed by atoms with E-state index in [4.69, 9.17) is 0 Å². The smallest absolute Gasteiger partial charge is 0.0933 e. The van der Waals surface area contributed by atoms with Crippen LogP contribution in [-0.2, 0) is 45.6 Å². The van der Waals surface area contributed by atoms with Crippen LogP contribution in [0.25, 0.3) is 5.69 Å². The van der Waals surface area contributed by atoms with E-state index in [-0.39, 0.29) is 32.7 Å². The zero-order chi connectivity index (χ0) is 11.1. The summed E-state index contributed by atoms with van der Waals surface area (Å²) >= 11 is 0. The molecule has 0 N–H and O–H groups in total. The Bertz CT molecular complexity index is 543. The van der Waals surface area contributed by atoms with E-state index in [1.54, 1.807) is 0 Å². The van der Waals surface area contributed by atoms with Gasteiger partial charge in [0.1, 0.15) is 0 Å². The van der Waals surface area contributed by atoms with Crippen LogP contribution in [0.3, 0.4) is 0 Å². The molecule has 0 unspecified atom stereocenters. The van der Waals surface area contributed by atoms with Gasteiger partial charge in [-0.2, -0.15) is 0 Å². The Morgan fingerprint density at radius 2 is 2.12 bits per heavy atom. The van der Waals surface area contributed by atoms with Crippen molar-refractivity contribution in [3.63, 3.8) is 0 Å². The first-order chi connectivity index (χ1) is 7.74. The average molecular weight is 300 g/mol. The SMILES string of the molecule is [CH2-]c1cn2c(n1)CCCc1ccc(C)cc1-2.[Y]. The van der Waals surface area contributed by atoms with Gasteiger partial charge in [-0.15, -0.1) is 6.20 Å². The normalized spacial score (nSPS) is 13.2. The van der Waals surface area contributed by atoms with E-state index in [2.05, 4.69) is 41.6 Å². The number of imidazole rings is 1. The Kier molecular flexibility index (Phi) is 3.74. The van der Waals surface area contributed by atoms with E-state index in [1.807, 2.05) is 6.20 Å². The molecule has 0 amide bonds. The molecule has 0 bridgehead atoms. The number of fused-ring (bicyclic) bond motifs is 3. The van der Waals surface area contributed by atoms with Crippen molar-refractivity contribution in [1.29, 1.82) is 0 Å². The van der Waals surface area contributed by atoms with Crippen LogP contribution >= 0.6 is 0 Å². The molecule has 85 valence electrons. The van der Waals surface area contributed by atoms with Gasteiger partial charge in [0.25, 0.3) is 0 Å². The van der Waals surface area contributed by atoms with E-state index < -0.39 is 0 Å². The molecule has 2 nitrogen and oxygen atoms in total. The van der Waals surface area contributed by atoms with Gasteiger partial charge in [0.05, 0.1) is 5.82 Å². The number of nitrogens with zero attached hydrogens (tertiary/aromatic N) is 2. The molecule has 0 spiro atoms. The maximum absolute atomic E-state index is 4.49. The summed E-state index contributed by atoms with van der Waals surface area (Å²) in [7, 11) is 0. The summed E-state index contributed by atoms with van der Waals surface area (Å²) in [6, 6.07) is 6.67. The number of aromatic nitrogens is 2. The number of hydrogen-bond acceptors (Lipinski definition) is 1. The van der Waals surface area contributed by atoms with Gasteiger partial charge < -0.3 is 4.57 Å². The first kappa shape index (κ1) is 12.9. The molecule has 0 aliphatic carbocycles. The predicted octanol–water partition coefficient (Wildman–Crippen LogP) is 2.85. The number of benzene rings is 1. The molecule has 2 heterocycles. The van der Waals surface area contributed by atoms with E-state index in [0.29, 0.717) is 0 Å². The molecule has 1 aromatic heterocycles. The summed E-state index contributed by atoms with van der Waals surface area (Å²) in [4.78, 5) is 4.49. The second-order valence-corrected chi connectivity index (χ2v) is 4.50. The molecule has 0 fully saturated rings. The van der Waals surface area contributed by atoms with E-state index in [1.165, 1.54) is 23.2 Å². The Balaban J connectivity index is 0.00000108. The Labute approximate surface area is 127 Å². The third-order valence-corrected chi connectivity index (χ3v) is 3.18. The molecule has 17 heavy (non-hydrogen) atoms. The molecule has 0 atom stereocenters. The molecule has 3 rings (SSSR count). The second-order valence-electron chi connectivity index (χ2n) is 4.50. The summed E-state index contributed by atoms with van der Waals surface area (Å²) in [6.07, 6.45) is 5.40. The molecule has 2 aromatic rings. The van der Waals surface area contributed by atoms with Crippen molar-refractivity contribution in [3.8, 4) is 5.69 Å². The van der Waals surface area contributed by atoms with Crippen LogP contribution in [-0.4, -0.2) is 9.55 Å². The van der Waals surface area contributed by atoms with E-state index >= 15 is 0 Å². The predicted molar refractivity (Wildman–Crippen MR) is 64.8 cm³/mol. The van der Waals surface area contributed by atoms with Crippen LogP contribution in [0.15, 0.2) is 24.4 Å². The third kappa shape index (κ3) is 2.34. The van der Waals surface area contributed by atoms with Gasteiger partial charge in [0, 0.05) is 44.8 Å². The van der Waals surface area contributed by atoms with Gasteiger partial charge in [-0.3, -0.25) is 4.98 Å². The number of rotatable bonds is 0.